The summed E-state index contributed by atoms with van der Waals surface area (Å²) in [5.74, 6) is 0. The van der Waals surface area contributed by atoms with E-state index in [4.69, 9.17) is 0 Å². The molecule has 0 aromatic carbocycles. The number of hydrazine groups is 1. The lowest BCUT2D eigenvalue weighted by Gasteiger charge is -2.30. The fraction of sp³-hybridized carbons (Fsp3) is 0.714. The molecule has 0 aromatic rings. The smallest absolute Gasteiger partial charge is 0.243 e. The number of hydrogen-bond acceptors (Lipinski definition) is 2. The minimum atomic E-state index is -4.28. The highest BCUT2D eigenvalue weighted by Gasteiger charge is 2.38. The highest BCUT2D eigenvalue weighted by Crippen LogP contribution is 2.23. The molecule has 1 aliphatic rings. The van der Waals surface area contributed by atoms with E-state index in [1.165, 1.54) is 0 Å². The minimum absolute atomic E-state index is 0.0741. The zero-order chi connectivity index (χ0) is 9.35. The second kappa shape index (κ2) is 3.06. The molecule has 0 atom stereocenters. The van der Waals surface area contributed by atoms with Crippen LogP contribution < -0.4 is 5.43 Å². The zero-order valence-electron chi connectivity index (χ0n) is 7.00. The average Bonchev–Trinajstić information content (AvgIpc) is 1.92. The van der Waals surface area contributed by atoms with Gasteiger partial charge < -0.3 is 0 Å². The first kappa shape index (κ1) is 9.54. The Labute approximate surface area is 69.0 Å². The highest BCUT2D eigenvalue weighted by molar-refractivity contribution is 5.15. The van der Waals surface area contributed by atoms with Crippen LogP contribution in [0.25, 0.3) is 0 Å². The Morgan fingerprint density at radius 1 is 1.25 bits per heavy atom. The van der Waals surface area contributed by atoms with Gasteiger partial charge in [-0.1, -0.05) is 11.1 Å². The van der Waals surface area contributed by atoms with E-state index >= 15 is 0 Å². The van der Waals surface area contributed by atoms with Gasteiger partial charge in [-0.3, -0.25) is 0 Å². The number of nitrogens with zero attached hydrogens (tertiary/aromatic N) is 1. The molecule has 0 unspecified atom stereocenters. The van der Waals surface area contributed by atoms with Crippen molar-refractivity contribution in [3.05, 3.63) is 11.1 Å². The summed E-state index contributed by atoms with van der Waals surface area (Å²) in [6.07, 6.45) is -4.28. The van der Waals surface area contributed by atoms with Crippen molar-refractivity contribution in [2.24, 2.45) is 0 Å². The van der Waals surface area contributed by atoms with Crippen LogP contribution in [-0.4, -0.2) is 24.4 Å². The van der Waals surface area contributed by atoms with Gasteiger partial charge in [0, 0.05) is 13.1 Å². The quantitative estimate of drug-likeness (QED) is 0.450. The summed E-state index contributed by atoms with van der Waals surface area (Å²) in [6, 6.07) is 0. The maximum Gasteiger partial charge on any atom is 0.473 e. The van der Waals surface area contributed by atoms with Gasteiger partial charge in [0.25, 0.3) is 0 Å². The first-order chi connectivity index (χ1) is 5.41. The maximum absolute atomic E-state index is 12.1. The van der Waals surface area contributed by atoms with E-state index in [2.05, 4.69) is 5.43 Å². The molecule has 70 valence electrons. The predicted molar refractivity (Wildman–Crippen MR) is 39.1 cm³/mol. The summed E-state index contributed by atoms with van der Waals surface area (Å²) in [7, 11) is 0. The Hall–Kier alpha value is -0.550. The van der Waals surface area contributed by atoms with Crippen molar-refractivity contribution in [3.63, 3.8) is 0 Å². The van der Waals surface area contributed by atoms with E-state index in [0.29, 0.717) is 5.01 Å². The molecule has 0 saturated heterocycles. The summed E-state index contributed by atoms with van der Waals surface area (Å²) in [5.41, 5.74) is 4.06. The normalized spacial score (nSPS) is 21.8. The van der Waals surface area contributed by atoms with Crippen molar-refractivity contribution in [3.8, 4) is 0 Å². The molecule has 12 heavy (non-hydrogen) atoms. The first-order valence-electron chi connectivity index (χ1n) is 3.64. The molecule has 0 saturated carbocycles. The molecule has 1 heterocycles. The lowest BCUT2D eigenvalue weighted by atomic mass is 10.1. The molecule has 2 nitrogen and oxygen atoms in total. The third-order valence-corrected chi connectivity index (χ3v) is 1.96. The van der Waals surface area contributed by atoms with Crippen molar-refractivity contribution in [2.45, 2.75) is 20.1 Å². The number of hydrogen-bond donors (Lipinski definition) is 1. The number of halogens is 3. The maximum atomic E-state index is 12.1. The Bertz CT molecular complexity index is 207. The van der Waals surface area contributed by atoms with Crippen LogP contribution in [0.2, 0.25) is 0 Å². The van der Waals surface area contributed by atoms with Gasteiger partial charge in [-0.25, -0.2) is 5.43 Å². The number of nitrogens with one attached hydrogen (secondary N) is 1. The van der Waals surface area contributed by atoms with E-state index in [1.54, 1.807) is 6.92 Å². The van der Waals surface area contributed by atoms with Gasteiger partial charge in [-0.05, 0) is 13.8 Å². The van der Waals surface area contributed by atoms with Crippen molar-refractivity contribution in [1.29, 1.82) is 0 Å². The van der Waals surface area contributed by atoms with E-state index in [9.17, 15) is 13.2 Å². The van der Waals surface area contributed by atoms with Crippen LogP contribution in [0.5, 0.6) is 0 Å². The number of alkyl halides is 3. The SMILES string of the molecule is CC1=C(C)CN(C(F)(F)F)NC1. The molecule has 1 aliphatic heterocycles. The third-order valence-electron chi connectivity index (χ3n) is 1.96. The average molecular weight is 180 g/mol. The first-order valence-corrected chi connectivity index (χ1v) is 3.64. The largest absolute Gasteiger partial charge is 0.473 e. The van der Waals surface area contributed by atoms with Gasteiger partial charge in [0.05, 0.1) is 0 Å². The predicted octanol–water partition coefficient (Wildman–Crippen LogP) is 1.66. The van der Waals surface area contributed by atoms with Gasteiger partial charge in [0.15, 0.2) is 0 Å². The van der Waals surface area contributed by atoms with Gasteiger partial charge in [-0.15, -0.1) is 5.01 Å². The summed E-state index contributed by atoms with van der Waals surface area (Å²) in [4.78, 5) is 0. The van der Waals surface area contributed by atoms with Crippen molar-refractivity contribution < 1.29 is 13.2 Å². The molecule has 0 radical (unpaired) electrons. The van der Waals surface area contributed by atoms with E-state index < -0.39 is 6.30 Å². The third kappa shape index (κ3) is 1.98. The van der Waals surface area contributed by atoms with Crippen molar-refractivity contribution >= 4 is 0 Å². The van der Waals surface area contributed by atoms with E-state index in [1.807, 2.05) is 6.92 Å². The minimum Gasteiger partial charge on any atom is -0.243 e. The summed E-state index contributed by atoms with van der Waals surface area (Å²) in [6.45, 7) is 3.76. The molecule has 0 amide bonds. The molecule has 1 rings (SSSR count). The Kier molecular flexibility index (Phi) is 2.44. The van der Waals surface area contributed by atoms with Crippen LogP contribution in [0.3, 0.4) is 0 Å². The van der Waals surface area contributed by atoms with Crippen LogP contribution in [0, 0.1) is 0 Å². The molecule has 0 spiro atoms. The van der Waals surface area contributed by atoms with Crippen LogP contribution in [0.1, 0.15) is 13.8 Å². The van der Waals surface area contributed by atoms with Crippen LogP contribution in [-0.2, 0) is 0 Å². The molecule has 5 heteroatoms. The molecule has 1 N–H and O–H groups in total. The van der Waals surface area contributed by atoms with Crippen LogP contribution in [0.15, 0.2) is 11.1 Å². The van der Waals surface area contributed by atoms with Gasteiger partial charge in [0.2, 0.25) is 0 Å². The lowest BCUT2D eigenvalue weighted by Crippen LogP contribution is -2.51. The van der Waals surface area contributed by atoms with Crippen LogP contribution in [0.4, 0.5) is 13.2 Å². The summed E-state index contributed by atoms with van der Waals surface area (Å²) >= 11 is 0. The summed E-state index contributed by atoms with van der Waals surface area (Å²) in [5, 5.41) is 0.301. The van der Waals surface area contributed by atoms with E-state index in [-0.39, 0.29) is 13.1 Å². The van der Waals surface area contributed by atoms with Crippen molar-refractivity contribution in [1.82, 2.24) is 10.4 Å². The van der Waals surface area contributed by atoms with Gasteiger partial charge >= 0.3 is 6.30 Å². The fourth-order valence-electron chi connectivity index (χ4n) is 0.972. The molecule has 0 bridgehead atoms. The Balaban J connectivity index is 2.67. The monoisotopic (exact) mass is 180 g/mol. The topological polar surface area (TPSA) is 15.3 Å². The highest BCUT2D eigenvalue weighted by atomic mass is 19.4. The second-order valence-corrected chi connectivity index (χ2v) is 2.95. The molecule has 0 aromatic heterocycles. The Morgan fingerprint density at radius 3 is 2.25 bits per heavy atom. The fourth-order valence-corrected chi connectivity index (χ4v) is 0.972. The van der Waals surface area contributed by atoms with Crippen LogP contribution >= 0.6 is 0 Å². The van der Waals surface area contributed by atoms with E-state index in [0.717, 1.165) is 11.1 Å². The molecule has 0 fully saturated rings. The standard InChI is InChI=1S/C7H11F3N2/c1-5-3-11-12(4-6(5)2)7(8,9)10/h11H,3-4H2,1-2H3. The second-order valence-electron chi connectivity index (χ2n) is 2.95. The molecular weight excluding hydrogens is 169 g/mol. The molecule has 0 aliphatic carbocycles. The zero-order valence-corrected chi connectivity index (χ0v) is 7.00. The number of rotatable bonds is 0. The summed E-state index contributed by atoms with van der Waals surface area (Å²) < 4.78 is 36.2. The van der Waals surface area contributed by atoms with Crippen molar-refractivity contribution in [2.75, 3.05) is 13.1 Å². The lowest BCUT2D eigenvalue weighted by molar-refractivity contribution is -0.261. The van der Waals surface area contributed by atoms with Gasteiger partial charge in [0.1, 0.15) is 0 Å². The molecular formula is C7H11F3N2. The Morgan fingerprint density at radius 2 is 1.83 bits per heavy atom. The van der Waals surface area contributed by atoms with Gasteiger partial charge in [-0.2, -0.15) is 13.2 Å².